The van der Waals surface area contributed by atoms with Gasteiger partial charge >= 0.3 is 0 Å². The van der Waals surface area contributed by atoms with Gasteiger partial charge < -0.3 is 6.92 Å². The zero-order chi connectivity index (χ0) is 20.6. The average molecular weight is 484 g/mol. The van der Waals surface area contributed by atoms with Crippen LogP contribution >= 0.6 is 15.8 Å². The van der Waals surface area contributed by atoms with E-state index in [1.807, 2.05) is 0 Å². The molecule has 0 fully saturated rings. The van der Waals surface area contributed by atoms with Gasteiger partial charge in [-0.15, -0.1) is 0 Å². The van der Waals surface area contributed by atoms with E-state index in [1.54, 1.807) is 0 Å². The second-order valence-corrected chi connectivity index (χ2v) is 12.4. The topological polar surface area (TPSA) is 0 Å². The number of hydrogen-bond acceptors (Lipinski definition) is 0. The van der Waals surface area contributed by atoms with Crippen molar-refractivity contribution in [2.45, 2.75) is 18.2 Å². The van der Waals surface area contributed by atoms with Crippen LogP contribution in [0.4, 0.5) is 0 Å². The van der Waals surface area contributed by atoms with Gasteiger partial charge in [-0.3, -0.25) is 0 Å². The molecule has 4 aromatic carbocycles. The summed E-state index contributed by atoms with van der Waals surface area (Å²) < 4.78 is 0. The second kappa shape index (κ2) is 12.3. The quantitative estimate of drug-likeness (QED) is 0.159. The van der Waals surface area contributed by atoms with E-state index in [0.29, 0.717) is 5.40 Å². The van der Waals surface area contributed by atoms with Crippen LogP contribution in [0.3, 0.4) is 0 Å². The molecule has 0 aliphatic rings. The summed E-state index contributed by atoms with van der Waals surface area (Å²) in [7, 11) is -1.04. The summed E-state index contributed by atoms with van der Waals surface area (Å²) >= 11 is 0. The predicted molar refractivity (Wildman–Crippen MR) is 137 cm³/mol. The normalized spacial score (nSPS) is 11.0. The standard InChI is InChI=1S/C28H27P2.Ni/c1-2-15-28(29(24-16-7-3-8-17-24)25-18-9-4-10-19-25)30(26-20-11-5-12-21-26)27-22-13-6-14-23-27;/h3-14,16-23,28H,1-2,15H2;/q-1;. The van der Waals surface area contributed by atoms with Gasteiger partial charge in [-0.25, -0.2) is 0 Å². The fourth-order valence-corrected chi connectivity index (χ4v) is 11.2. The maximum atomic E-state index is 4.29. The van der Waals surface area contributed by atoms with Crippen molar-refractivity contribution in [2.75, 3.05) is 0 Å². The zero-order valence-electron chi connectivity index (χ0n) is 17.5. The fourth-order valence-electron chi connectivity index (χ4n) is 3.90. The van der Waals surface area contributed by atoms with Crippen LogP contribution in [-0.2, 0) is 16.5 Å². The molecule has 0 saturated carbocycles. The molecule has 4 aromatic rings. The zero-order valence-corrected chi connectivity index (χ0v) is 20.2. The first kappa shape index (κ1) is 23.9. The van der Waals surface area contributed by atoms with Gasteiger partial charge in [-0.2, -0.15) is 6.42 Å². The molecule has 0 heterocycles. The van der Waals surface area contributed by atoms with E-state index < -0.39 is 15.8 Å². The Hall–Kier alpha value is -1.77. The monoisotopic (exact) mass is 483 g/mol. The minimum atomic E-state index is -0.518. The predicted octanol–water partition coefficient (Wildman–Crippen LogP) is 6.19. The smallest absolute Gasteiger partial charge is 0.0130 e. The third-order valence-corrected chi connectivity index (χ3v) is 11.7. The van der Waals surface area contributed by atoms with E-state index in [0.717, 1.165) is 12.8 Å². The molecule has 0 amide bonds. The van der Waals surface area contributed by atoms with E-state index in [-0.39, 0.29) is 16.5 Å². The summed E-state index contributed by atoms with van der Waals surface area (Å²) in [4.78, 5) is 0. The first-order valence-corrected chi connectivity index (χ1v) is 13.3. The largest absolute Gasteiger partial charge is 0.343 e. The molecule has 0 N–H and O–H groups in total. The minimum Gasteiger partial charge on any atom is -0.343 e. The molecule has 0 nitrogen and oxygen atoms in total. The van der Waals surface area contributed by atoms with E-state index in [9.17, 15) is 0 Å². The van der Waals surface area contributed by atoms with Gasteiger partial charge in [0.25, 0.3) is 0 Å². The molecule has 3 heteroatoms. The van der Waals surface area contributed by atoms with Gasteiger partial charge in [0.2, 0.25) is 0 Å². The van der Waals surface area contributed by atoms with Crippen molar-refractivity contribution >= 4 is 37.1 Å². The van der Waals surface area contributed by atoms with Crippen molar-refractivity contribution in [3.8, 4) is 0 Å². The van der Waals surface area contributed by atoms with Crippen molar-refractivity contribution in [1.29, 1.82) is 0 Å². The second-order valence-electron chi connectivity index (χ2n) is 7.21. The Morgan fingerprint density at radius 1 is 0.484 bits per heavy atom. The van der Waals surface area contributed by atoms with E-state index in [1.165, 1.54) is 21.2 Å². The maximum absolute atomic E-state index is 4.29. The Morgan fingerprint density at radius 3 is 0.968 bits per heavy atom. The molecule has 0 bridgehead atoms. The van der Waals surface area contributed by atoms with Crippen LogP contribution in [-0.4, -0.2) is 5.40 Å². The number of benzene rings is 4. The molecular formula is C28H27NiP2-. The van der Waals surface area contributed by atoms with Crippen molar-refractivity contribution in [1.82, 2.24) is 0 Å². The van der Waals surface area contributed by atoms with Gasteiger partial charge in [0, 0.05) is 21.9 Å². The molecule has 0 aliphatic carbocycles. The summed E-state index contributed by atoms with van der Waals surface area (Å²) in [6.07, 6.45) is 2.06. The summed E-state index contributed by atoms with van der Waals surface area (Å²) in [6.45, 7) is 4.29. The number of rotatable bonds is 8. The Bertz CT molecular complexity index is 846. The summed E-state index contributed by atoms with van der Waals surface area (Å²) in [6, 6.07) is 44.5. The van der Waals surface area contributed by atoms with Crippen LogP contribution in [0.2, 0.25) is 0 Å². The van der Waals surface area contributed by atoms with Crippen LogP contribution in [0.25, 0.3) is 0 Å². The molecular weight excluding hydrogens is 457 g/mol. The Labute approximate surface area is 199 Å². The molecule has 0 atom stereocenters. The van der Waals surface area contributed by atoms with Crippen LogP contribution in [0.15, 0.2) is 121 Å². The molecule has 4 rings (SSSR count). The van der Waals surface area contributed by atoms with Crippen molar-refractivity contribution < 1.29 is 16.5 Å². The fraction of sp³-hybridized carbons (Fsp3) is 0.107. The third kappa shape index (κ3) is 5.93. The van der Waals surface area contributed by atoms with Crippen LogP contribution < -0.4 is 21.2 Å². The van der Waals surface area contributed by atoms with Crippen molar-refractivity contribution in [3.05, 3.63) is 128 Å². The first-order valence-electron chi connectivity index (χ1n) is 10.5. The van der Waals surface area contributed by atoms with Crippen molar-refractivity contribution in [3.63, 3.8) is 0 Å². The Kier molecular flexibility index (Phi) is 9.49. The van der Waals surface area contributed by atoms with Gasteiger partial charge in [0.1, 0.15) is 0 Å². The van der Waals surface area contributed by atoms with Gasteiger partial charge in [-0.05, 0) is 37.1 Å². The summed E-state index contributed by atoms with van der Waals surface area (Å²) in [5, 5.41) is 6.35. The van der Waals surface area contributed by atoms with Gasteiger partial charge in [-0.1, -0.05) is 128 Å². The Balaban J connectivity index is 0.00000272. The van der Waals surface area contributed by atoms with E-state index >= 15 is 0 Å². The minimum absolute atomic E-state index is 0. The Morgan fingerprint density at radius 2 is 0.742 bits per heavy atom. The van der Waals surface area contributed by atoms with Crippen molar-refractivity contribution in [2.24, 2.45) is 0 Å². The van der Waals surface area contributed by atoms with E-state index in [4.69, 9.17) is 0 Å². The molecule has 0 unspecified atom stereocenters. The van der Waals surface area contributed by atoms with Gasteiger partial charge in [0.05, 0.1) is 0 Å². The van der Waals surface area contributed by atoms with Gasteiger partial charge in [0.15, 0.2) is 0 Å². The molecule has 31 heavy (non-hydrogen) atoms. The molecule has 0 aliphatic heterocycles. The van der Waals surface area contributed by atoms with Crippen LogP contribution in [0.1, 0.15) is 12.8 Å². The molecule has 0 spiro atoms. The summed E-state index contributed by atoms with van der Waals surface area (Å²) in [5.41, 5.74) is 0. The average Bonchev–Trinajstić information content (AvgIpc) is 2.82. The molecule has 0 saturated heterocycles. The SMILES string of the molecule is [CH2-]CCC(P(c1ccccc1)c1ccccc1)P(c1ccccc1)c1ccccc1.[Ni]. The molecule has 0 aromatic heterocycles. The molecule has 160 valence electrons. The third-order valence-electron chi connectivity index (χ3n) is 5.20. The first-order chi connectivity index (χ1) is 14.9. The summed E-state index contributed by atoms with van der Waals surface area (Å²) in [5.74, 6) is 0. The van der Waals surface area contributed by atoms with Crippen LogP contribution in [0, 0.1) is 6.92 Å². The number of hydrogen-bond donors (Lipinski definition) is 0. The molecule has 0 radical (unpaired) electrons. The van der Waals surface area contributed by atoms with E-state index in [2.05, 4.69) is 128 Å². The maximum Gasteiger partial charge on any atom is 0.0130 e. The van der Waals surface area contributed by atoms with Crippen LogP contribution in [0.5, 0.6) is 0 Å².